The lowest BCUT2D eigenvalue weighted by atomic mass is 10.1. The van der Waals surface area contributed by atoms with Gasteiger partial charge in [-0.05, 0) is 23.8 Å². The molecule has 0 saturated carbocycles. The number of hydrogen-bond donors (Lipinski definition) is 3. The van der Waals surface area contributed by atoms with E-state index in [4.69, 9.17) is 11.6 Å². The minimum absolute atomic E-state index is 0.0900. The van der Waals surface area contributed by atoms with Crippen LogP contribution < -0.4 is 4.90 Å². The topological polar surface area (TPSA) is 71.8 Å². The number of aromatic hydroxyl groups is 2. The first kappa shape index (κ1) is 11.0. The minimum Gasteiger partial charge on any atom is -0.494 e. The fraction of sp³-hybridized carbons (Fsp3) is 0.0833. The molecule has 2 heterocycles. The zero-order valence-corrected chi connectivity index (χ0v) is 10.0. The Kier molecular flexibility index (Phi) is 2.41. The van der Waals surface area contributed by atoms with Crippen molar-refractivity contribution in [2.24, 2.45) is 4.99 Å². The largest absolute Gasteiger partial charge is 0.494 e. The van der Waals surface area contributed by atoms with E-state index in [0.29, 0.717) is 17.3 Å². The van der Waals surface area contributed by atoms with Crippen molar-refractivity contribution < 1.29 is 10.2 Å². The maximum Gasteiger partial charge on any atom is 0.215 e. The third kappa shape index (κ3) is 1.78. The van der Waals surface area contributed by atoms with Gasteiger partial charge < -0.3 is 15.1 Å². The highest BCUT2D eigenvalue weighted by molar-refractivity contribution is 6.30. The van der Waals surface area contributed by atoms with Crippen LogP contribution in [0.4, 0.5) is 11.4 Å². The van der Waals surface area contributed by atoms with E-state index in [0.717, 1.165) is 11.3 Å². The van der Waals surface area contributed by atoms with Crippen LogP contribution in [-0.2, 0) is 6.54 Å². The quantitative estimate of drug-likeness (QED) is 0.741. The first-order valence-electron chi connectivity index (χ1n) is 5.33. The molecule has 0 bridgehead atoms. The average Bonchev–Trinajstić information content (AvgIpc) is 2.67. The van der Waals surface area contributed by atoms with Crippen LogP contribution in [0, 0.1) is 0 Å². The molecule has 92 valence electrons. The molecule has 1 aliphatic rings. The molecule has 1 aromatic heterocycles. The van der Waals surface area contributed by atoms with Crippen molar-refractivity contribution in [2.45, 2.75) is 6.54 Å². The van der Waals surface area contributed by atoms with E-state index in [9.17, 15) is 10.2 Å². The van der Waals surface area contributed by atoms with Gasteiger partial charge in [-0.15, -0.1) is 0 Å². The van der Waals surface area contributed by atoms with Gasteiger partial charge in [0.15, 0.2) is 5.88 Å². The number of nitrogens with one attached hydrogen (secondary N) is 1. The summed E-state index contributed by atoms with van der Waals surface area (Å²) in [6.45, 7) is 0.532. The van der Waals surface area contributed by atoms with Gasteiger partial charge in [0.25, 0.3) is 0 Å². The molecule has 0 unspecified atom stereocenters. The Hall–Kier alpha value is -2.14. The fourth-order valence-corrected chi connectivity index (χ4v) is 2.14. The van der Waals surface area contributed by atoms with Gasteiger partial charge in [0, 0.05) is 11.1 Å². The first-order chi connectivity index (χ1) is 8.63. The van der Waals surface area contributed by atoms with Crippen LogP contribution >= 0.6 is 11.6 Å². The zero-order chi connectivity index (χ0) is 12.7. The van der Waals surface area contributed by atoms with Crippen molar-refractivity contribution in [3.63, 3.8) is 0 Å². The van der Waals surface area contributed by atoms with Crippen molar-refractivity contribution in [2.75, 3.05) is 4.90 Å². The number of aromatic amines is 1. The summed E-state index contributed by atoms with van der Waals surface area (Å²) in [5.74, 6) is -0.183. The summed E-state index contributed by atoms with van der Waals surface area (Å²) in [5.41, 5.74) is 2.29. The Balaban J connectivity index is 1.98. The Morgan fingerprint density at radius 1 is 1.28 bits per heavy atom. The fourth-order valence-electron chi connectivity index (χ4n) is 1.95. The van der Waals surface area contributed by atoms with Crippen molar-refractivity contribution in [3.8, 4) is 11.8 Å². The number of nitrogens with zero attached hydrogens (tertiary/aromatic N) is 2. The standard InChI is InChI=1S/C12H10ClN3O2/c13-8-1-2-9-7(3-8)5-16(6-14-9)10-4-11(17)15-12(10)18/h1-4,6,15,17-18H,5H2. The molecule has 6 heteroatoms. The van der Waals surface area contributed by atoms with E-state index in [-0.39, 0.29) is 11.8 Å². The van der Waals surface area contributed by atoms with Crippen molar-refractivity contribution >= 4 is 29.3 Å². The maximum atomic E-state index is 9.64. The Labute approximate surface area is 108 Å². The Morgan fingerprint density at radius 3 is 2.83 bits per heavy atom. The van der Waals surface area contributed by atoms with Gasteiger partial charge in [-0.3, -0.25) is 4.98 Å². The van der Waals surface area contributed by atoms with Crippen LogP contribution in [0.2, 0.25) is 5.02 Å². The molecular weight excluding hydrogens is 254 g/mol. The highest BCUT2D eigenvalue weighted by Gasteiger charge is 2.18. The van der Waals surface area contributed by atoms with Crippen LogP contribution in [0.25, 0.3) is 0 Å². The van der Waals surface area contributed by atoms with Gasteiger partial charge in [0.2, 0.25) is 5.88 Å². The summed E-state index contributed by atoms with van der Waals surface area (Å²) in [4.78, 5) is 8.43. The van der Waals surface area contributed by atoms with Gasteiger partial charge >= 0.3 is 0 Å². The summed E-state index contributed by atoms with van der Waals surface area (Å²) in [5, 5.41) is 19.6. The lowest BCUT2D eigenvalue weighted by molar-refractivity contribution is 0.425. The second-order valence-electron chi connectivity index (χ2n) is 4.03. The average molecular weight is 264 g/mol. The van der Waals surface area contributed by atoms with Crippen LogP contribution in [0.1, 0.15) is 5.56 Å². The van der Waals surface area contributed by atoms with E-state index in [1.807, 2.05) is 12.1 Å². The van der Waals surface area contributed by atoms with Gasteiger partial charge in [0.05, 0.1) is 18.6 Å². The molecule has 0 spiro atoms. The number of hydrogen-bond acceptors (Lipinski definition) is 4. The molecule has 0 aliphatic carbocycles. The van der Waals surface area contributed by atoms with Gasteiger partial charge in [-0.2, -0.15) is 0 Å². The minimum atomic E-state index is -0.0931. The number of rotatable bonds is 1. The number of halogens is 1. The van der Waals surface area contributed by atoms with Crippen molar-refractivity contribution in [3.05, 3.63) is 34.9 Å². The monoisotopic (exact) mass is 263 g/mol. The lowest BCUT2D eigenvalue weighted by Crippen LogP contribution is -2.22. The van der Waals surface area contributed by atoms with E-state index < -0.39 is 0 Å². The number of aliphatic imine (C=N–C) groups is 1. The molecule has 18 heavy (non-hydrogen) atoms. The molecule has 3 N–H and O–H groups in total. The van der Waals surface area contributed by atoms with Crippen LogP contribution in [0.3, 0.4) is 0 Å². The third-order valence-electron chi connectivity index (χ3n) is 2.79. The SMILES string of the molecule is Oc1cc(N2C=Nc3ccc(Cl)cc3C2)c(O)[nH]1. The number of benzene rings is 1. The normalized spacial score (nSPS) is 13.7. The molecule has 5 nitrogen and oxygen atoms in total. The van der Waals surface area contributed by atoms with Gasteiger partial charge in [0.1, 0.15) is 5.69 Å². The molecule has 0 saturated heterocycles. The summed E-state index contributed by atoms with van der Waals surface area (Å²) in [6, 6.07) is 6.91. The number of anilines is 1. The molecule has 0 amide bonds. The predicted octanol–water partition coefficient (Wildman–Crippen LogP) is 2.76. The summed E-state index contributed by atoms with van der Waals surface area (Å²) >= 11 is 5.94. The third-order valence-corrected chi connectivity index (χ3v) is 3.03. The predicted molar refractivity (Wildman–Crippen MR) is 69.9 cm³/mol. The first-order valence-corrected chi connectivity index (χ1v) is 5.71. The van der Waals surface area contributed by atoms with Crippen molar-refractivity contribution in [1.29, 1.82) is 0 Å². The van der Waals surface area contributed by atoms with Crippen molar-refractivity contribution in [1.82, 2.24) is 4.98 Å². The van der Waals surface area contributed by atoms with Gasteiger partial charge in [-0.1, -0.05) is 11.6 Å². The maximum absolute atomic E-state index is 9.64. The molecule has 0 atom stereocenters. The molecule has 3 rings (SSSR count). The van der Waals surface area contributed by atoms with E-state index in [1.165, 1.54) is 6.07 Å². The molecule has 0 fully saturated rings. The van der Waals surface area contributed by atoms with Crippen LogP contribution in [0.15, 0.2) is 29.3 Å². The molecule has 2 aromatic rings. The van der Waals surface area contributed by atoms with Gasteiger partial charge in [-0.25, -0.2) is 4.99 Å². The Morgan fingerprint density at radius 2 is 2.11 bits per heavy atom. The molecule has 1 aliphatic heterocycles. The van der Waals surface area contributed by atoms with E-state index in [1.54, 1.807) is 17.3 Å². The lowest BCUT2D eigenvalue weighted by Gasteiger charge is -2.23. The molecular formula is C12H10ClN3O2. The van der Waals surface area contributed by atoms with Crippen LogP contribution in [0.5, 0.6) is 11.8 Å². The highest BCUT2D eigenvalue weighted by Crippen LogP contribution is 2.35. The number of fused-ring (bicyclic) bond motifs is 1. The Bertz CT molecular complexity index is 636. The molecule has 1 aromatic carbocycles. The summed E-state index contributed by atoms with van der Waals surface area (Å²) in [7, 11) is 0. The second-order valence-corrected chi connectivity index (χ2v) is 4.47. The summed E-state index contributed by atoms with van der Waals surface area (Å²) in [6.07, 6.45) is 1.61. The zero-order valence-electron chi connectivity index (χ0n) is 9.26. The number of H-pyrrole nitrogens is 1. The van der Waals surface area contributed by atoms with Crippen LogP contribution in [-0.4, -0.2) is 21.5 Å². The van der Waals surface area contributed by atoms with E-state index in [2.05, 4.69) is 9.98 Å². The van der Waals surface area contributed by atoms with E-state index >= 15 is 0 Å². The molecule has 0 radical (unpaired) electrons. The summed E-state index contributed by atoms with van der Waals surface area (Å²) < 4.78 is 0. The highest BCUT2D eigenvalue weighted by atomic mass is 35.5. The number of aromatic nitrogens is 1. The second kappa shape index (κ2) is 3.96. The smallest absolute Gasteiger partial charge is 0.215 e.